The number of hydrogen-bond donors (Lipinski definition) is 0. The van der Waals surface area contributed by atoms with Crippen LogP contribution >= 0.6 is 0 Å². The Bertz CT molecular complexity index is 440. The molecule has 0 aromatic heterocycles. The maximum Gasteiger partial charge on any atom is 0.338 e. The van der Waals surface area contributed by atoms with Crippen LogP contribution < -0.4 is 0 Å². The zero-order chi connectivity index (χ0) is 16.9. The van der Waals surface area contributed by atoms with Crippen LogP contribution in [0, 0.1) is 5.92 Å². The van der Waals surface area contributed by atoms with Crippen LogP contribution in [0.2, 0.25) is 0 Å². The highest BCUT2D eigenvalue weighted by Crippen LogP contribution is 2.13. The highest BCUT2D eigenvalue weighted by Gasteiger charge is 2.11. The molecule has 23 heavy (non-hydrogen) atoms. The van der Waals surface area contributed by atoms with Crippen molar-refractivity contribution in [2.24, 2.45) is 5.92 Å². The number of ether oxygens (including phenoxy) is 2. The lowest BCUT2D eigenvalue weighted by Gasteiger charge is -2.10. The van der Waals surface area contributed by atoms with Gasteiger partial charge in [0.25, 0.3) is 0 Å². The van der Waals surface area contributed by atoms with E-state index in [4.69, 9.17) is 9.47 Å². The van der Waals surface area contributed by atoms with Crippen LogP contribution in [-0.2, 0) is 15.9 Å². The molecule has 0 bridgehead atoms. The van der Waals surface area contributed by atoms with Crippen molar-refractivity contribution in [1.29, 1.82) is 0 Å². The lowest BCUT2D eigenvalue weighted by atomic mass is 10.0. The predicted molar refractivity (Wildman–Crippen MR) is 94.8 cm³/mol. The molecule has 0 saturated heterocycles. The van der Waals surface area contributed by atoms with E-state index < -0.39 is 0 Å². The van der Waals surface area contributed by atoms with Crippen molar-refractivity contribution in [2.75, 3.05) is 19.8 Å². The van der Waals surface area contributed by atoms with Crippen LogP contribution in [-0.4, -0.2) is 25.8 Å². The molecular formula is C20H32O3. The summed E-state index contributed by atoms with van der Waals surface area (Å²) in [5, 5.41) is 0. The van der Waals surface area contributed by atoms with Gasteiger partial charge >= 0.3 is 5.97 Å². The molecule has 0 heterocycles. The van der Waals surface area contributed by atoms with E-state index in [2.05, 4.69) is 20.8 Å². The van der Waals surface area contributed by atoms with Gasteiger partial charge < -0.3 is 9.47 Å². The molecule has 3 nitrogen and oxygen atoms in total. The summed E-state index contributed by atoms with van der Waals surface area (Å²) in [6.07, 6.45) is 6.65. The van der Waals surface area contributed by atoms with Crippen LogP contribution in [0.25, 0.3) is 0 Å². The van der Waals surface area contributed by atoms with Crippen molar-refractivity contribution < 1.29 is 14.3 Å². The quantitative estimate of drug-likeness (QED) is 0.400. The molecule has 1 aromatic carbocycles. The number of carbonyl (C=O) groups is 1. The Morgan fingerprint density at radius 3 is 2.57 bits per heavy atom. The van der Waals surface area contributed by atoms with Gasteiger partial charge in [-0.15, -0.1) is 0 Å². The van der Waals surface area contributed by atoms with E-state index in [9.17, 15) is 4.79 Å². The van der Waals surface area contributed by atoms with E-state index in [1.165, 1.54) is 12.8 Å². The van der Waals surface area contributed by atoms with Gasteiger partial charge in [0.05, 0.1) is 12.2 Å². The SMILES string of the molecule is CCCCc1ccccc1C(=O)OCCOCCCCC(C)C. The maximum absolute atomic E-state index is 12.2. The average Bonchev–Trinajstić information content (AvgIpc) is 2.55. The Morgan fingerprint density at radius 1 is 1.04 bits per heavy atom. The molecule has 0 fully saturated rings. The van der Waals surface area contributed by atoms with Gasteiger partial charge in [-0.2, -0.15) is 0 Å². The van der Waals surface area contributed by atoms with Crippen molar-refractivity contribution >= 4 is 5.97 Å². The number of esters is 1. The molecule has 1 aromatic rings. The van der Waals surface area contributed by atoms with Crippen molar-refractivity contribution in [3.05, 3.63) is 35.4 Å². The van der Waals surface area contributed by atoms with Gasteiger partial charge in [0, 0.05) is 6.61 Å². The van der Waals surface area contributed by atoms with Crippen molar-refractivity contribution in [1.82, 2.24) is 0 Å². The summed E-state index contributed by atoms with van der Waals surface area (Å²) in [6.45, 7) is 8.17. The highest BCUT2D eigenvalue weighted by molar-refractivity contribution is 5.91. The number of benzene rings is 1. The number of unbranched alkanes of at least 4 members (excludes halogenated alkanes) is 2. The fourth-order valence-electron chi connectivity index (χ4n) is 2.43. The van der Waals surface area contributed by atoms with Gasteiger partial charge in [0.2, 0.25) is 0 Å². The zero-order valence-corrected chi connectivity index (χ0v) is 15.0. The number of rotatable bonds is 12. The predicted octanol–water partition coefficient (Wildman–Crippen LogP) is 5.03. The first-order chi connectivity index (χ1) is 11.1. The Labute approximate surface area is 141 Å². The van der Waals surface area contributed by atoms with Crippen LogP contribution in [0.3, 0.4) is 0 Å². The van der Waals surface area contributed by atoms with Gasteiger partial charge in [0.1, 0.15) is 6.61 Å². The molecule has 0 N–H and O–H groups in total. The van der Waals surface area contributed by atoms with Gasteiger partial charge in [-0.1, -0.05) is 58.2 Å². The lowest BCUT2D eigenvalue weighted by molar-refractivity contribution is 0.0310. The smallest absolute Gasteiger partial charge is 0.338 e. The van der Waals surface area contributed by atoms with E-state index in [-0.39, 0.29) is 5.97 Å². The monoisotopic (exact) mass is 320 g/mol. The van der Waals surface area contributed by atoms with Crippen LogP contribution in [0.5, 0.6) is 0 Å². The number of aryl methyl sites for hydroxylation is 1. The summed E-state index contributed by atoms with van der Waals surface area (Å²) in [7, 11) is 0. The Morgan fingerprint density at radius 2 is 1.83 bits per heavy atom. The molecule has 0 aliphatic heterocycles. The van der Waals surface area contributed by atoms with Crippen LogP contribution in [0.4, 0.5) is 0 Å². The maximum atomic E-state index is 12.2. The van der Waals surface area contributed by atoms with Gasteiger partial charge in [0.15, 0.2) is 0 Å². The van der Waals surface area contributed by atoms with Gasteiger partial charge in [-0.05, 0) is 36.8 Å². The third-order valence-corrected chi connectivity index (χ3v) is 3.82. The molecule has 0 radical (unpaired) electrons. The summed E-state index contributed by atoms with van der Waals surface area (Å²) >= 11 is 0. The summed E-state index contributed by atoms with van der Waals surface area (Å²) in [6, 6.07) is 7.72. The topological polar surface area (TPSA) is 35.5 Å². The molecule has 3 heteroatoms. The first-order valence-electron chi connectivity index (χ1n) is 8.98. The van der Waals surface area contributed by atoms with E-state index in [0.29, 0.717) is 18.8 Å². The van der Waals surface area contributed by atoms with E-state index >= 15 is 0 Å². The van der Waals surface area contributed by atoms with Crippen molar-refractivity contribution in [3.63, 3.8) is 0 Å². The molecule has 0 saturated carbocycles. The third-order valence-electron chi connectivity index (χ3n) is 3.82. The minimum absolute atomic E-state index is 0.236. The van der Waals surface area contributed by atoms with Gasteiger partial charge in [-0.3, -0.25) is 0 Å². The Balaban J connectivity index is 2.21. The Hall–Kier alpha value is -1.35. The molecule has 0 unspecified atom stereocenters. The second-order valence-corrected chi connectivity index (χ2v) is 6.40. The summed E-state index contributed by atoms with van der Waals surface area (Å²) in [4.78, 5) is 12.2. The molecule has 0 aliphatic rings. The van der Waals surface area contributed by atoms with Crippen molar-refractivity contribution in [3.8, 4) is 0 Å². The molecule has 1 rings (SSSR count). The zero-order valence-electron chi connectivity index (χ0n) is 15.0. The molecule has 0 amide bonds. The largest absolute Gasteiger partial charge is 0.460 e. The molecular weight excluding hydrogens is 288 g/mol. The van der Waals surface area contributed by atoms with Crippen molar-refractivity contribution in [2.45, 2.75) is 59.3 Å². The molecule has 0 aliphatic carbocycles. The first kappa shape index (κ1) is 19.7. The first-order valence-corrected chi connectivity index (χ1v) is 8.98. The van der Waals surface area contributed by atoms with E-state index in [1.54, 1.807) is 0 Å². The summed E-state index contributed by atoms with van der Waals surface area (Å²) < 4.78 is 10.8. The number of carbonyl (C=O) groups excluding carboxylic acids is 1. The lowest BCUT2D eigenvalue weighted by Crippen LogP contribution is -2.13. The van der Waals surface area contributed by atoms with E-state index in [0.717, 1.165) is 43.8 Å². The number of hydrogen-bond acceptors (Lipinski definition) is 3. The Kier molecular flexibility index (Phi) is 10.4. The summed E-state index contributed by atoms with van der Waals surface area (Å²) in [5.41, 5.74) is 1.77. The third kappa shape index (κ3) is 8.75. The second kappa shape index (κ2) is 12.1. The normalized spacial score (nSPS) is 11.0. The standard InChI is InChI=1S/C20H32O3/c1-4-5-11-18-12-6-7-13-19(18)20(21)23-16-15-22-14-9-8-10-17(2)3/h6-7,12-13,17H,4-5,8-11,14-16H2,1-3H3. The second-order valence-electron chi connectivity index (χ2n) is 6.40. The average molecular weight is 320 g/mol. The van der Waals surface area contributed by atoms with Gasteiger partial charge in [-0.25, -0.2) is 4.79 Å². The molecule has 0 atom stereocenters. The minimum Gasteiger partial charge on any atom is -0.460 e. The van der Waals surface area contributed by atoms with Crippen LogP contribution in [0.1, 0.15) is 68.8 Å². The van der Waals surface area contributed by atoms with Crippen LogP contribution in [0.15, 0.2) is 24.3 Å². The molecule has 0 spiro atoms. The molecule has 130 valence electrons. The highest BCUT2D eigenvalue weighted by atomic mass is 16.6. The fraction of sp³-hybridized carbons (Fsp3) is 0.650. The minimum atomic E-state index is -0.236. The fourth-order valence-corrected chi connectivity index (χ4v) is 2.43. The van der Waals surface area contributed by atoms with E-state index in [1.807, 2.05) is 24.3 Å². The summed E-state index contributed by atoms with van der Waals surface area (Å²) in [5.74, 6) is 0.517.